The topological polar surface area (TPSA) is 11.4 Å². The van der Waals surface area contributed by atoms with Crippen LogP contribution in [0, 0.1) is 0 Å². The summed E-state index contributed by atoms with van der Waals surface area (Å²) in [6.45, 7) is 0. The van der Waals surface area contributed by atoms with Gasteiger partial charge < -0.3 is 14.4 Å². The van der Waals surface area contributed by atoms with Crippen LogP contribution in [0.3, 0.4) is 0 Å². The number of nitrogens with zero attached hydrogens (tertiary/aromatic N) is 3. The van der Waals surface area contributed by atoms with Crippen LogP contribution < -0.4 is 9.80 Å². The zero-order chi connectivity index (χ0) is 38.9. The van der Waals surface area contributed by atoms with Crippen LogP contribution in [0.1, 0.15) is 23.9 Å². The third-order valence-corrected chi connectivity index (χ3v) is 12.8. The fourth-order valence-corrected chi connectivity index (χ4v) is 10.1. The minimum absolute atomic E-state index is 0.222. The van der Waals surface area contributed by atoms with Gasteiger partial charge in [0.1, 0.15) is 0 Å². The van der Waals surface area contributed by atoms with E-state index in [1.165, 1.54) is 71.4 Å². The lowest BCUT2D eigenvalue weighted by molar-refractivity contribution is 0.648. The molecule has 2 heterocycles. The molecule has 3 aliphatic rings. The van der Waals surface area contributed by atoms with Gasteiger partial charge in [0.25, 0.3) is 0 Å². The van der Waals surface area contributed by atoms with E-state index in [0.717, 1.165) is 23.5 Å². The fourth-order valence-electron chi connectivity index (χ4n) is 10.1. The Morgan fingerprint density at radius 3 is 1.95 bits per heavy atom. The number of anilines is 5. The Labute approximate surface area is 344 Å². The van der Waals surface area contributed by atoms with Gasteiger partial charge in [-0.25, -0.2) is 0 Å². The van der Waals surface area contributed by atoms with Crippen molar-refractivity contribution in [3.05, 3.63) is 224 Å². The average Bonchev–Trinajstić information content (AvgIpc) is 3.83. The minimum Gasteiger partial charge on any atom is -0.333 e. The van der Waals surface area contributed by atoms with Crippen molar-refractivity contribution in [2.75, 3.05) is 9.80 Å². The molecule has 9 aromatic rings. The lowest BCUT2D eigenvalue weighted by Gasteiger charge is -2.30. The highest BCUT2D eigenvalue weighted by Crippen LogP contribution is 2.51. The Morgan fingerprint density at radius 2 is 1.12 bits per heavy atom. The number of rotatable bonds is 6. The molecular formula is C56H41N3. The monoisotopic (exact) mass is 755 g/mol. The van der Waals surface area contributed by atoms with Crippen LogP contribution in [-0.4, -0.2) is 10.6 Å². The summed E-state index contributed by atoms with van der Waals surface area (Å²) in [4.78, 5) is 4.95. The van der Waals surface area contributed by atoms with Crippen molar-refractivity contribution in [2.24, 2.45) is 0 Å². The third-order valence-electron chi connectivity index (χ3n) is 12.8. The average molecular weight is 756 g/mol. The SMILES string of the molecule is C1=CCC(n2c3ccccc3c3cc(N(c4ccc(-c5ccc6ccccc6c5)cc4)c4ccc(N5c6ccc7ccccc7c6C6C=CC=CC65)cc4)ccc32)C=C1. The van der Waals surface area contributed by atoms with E-state index in [0.29, 0.717) is 5.92 Å². The highest BCUT2D eigenvalue weighted by atomic mass is 15.2. The Morgan fingerprint density at radius 1 is 0.458 bits per heavy atom. The van der Waals surface area contributed by atoms with Crippen LogP contribution in [0.15, 0.2) is 218 Å². The summed E-state index contributed by atoms with van der Waals surface area (Å²) in [5.74, 6) is 0.298. The molecule has 0 radical (unpaired) electrons. The largest absolute Gasteiger partial charge is 0.333 e. The molecule has 2 aliphatic carbocycles. The molecule has 3 atom stereocenters. The highest BCUT2D eigenvalue weighted by molar-refractivity contribution is 6.10. The van der Waals surface area contributed by atoms with Crippen molar-refractivity contribution in [1.29, 1.82) is 0 Å². The fraction of sp³-hybridized carbons (Fsp3) is 0.0714. The van der Waals surface area contributed by atoms with Gasteiger partial charge in [-0.2, -0.15) is 0 Å². The molecule has 3 nitrogen and oxygen atoms in total. The smallest absolute Gasteiger partial charge is 0.0629 e. The van der Waals surface area contributed by atoms with Gasteiger partial charge >= 0.3 is 0 Å². The Kier molecular flexibility index (Phi) is 7.80. The highest BCUT2D eigenvalue weighted by Gasteiger charge is 2.38. The van der Waals surface area contributed by atoms with E-state index in [9.17, 15) is 0 Å². The normalized spacial score (nSPS) is 18.0. The van der Waals surface area contributed by atoms with E-state index in [-0.39, 0.29) is 12.1 Å². The molecule has 0 N–H and O–H groups in total. The lowest BCUT2D eigenvalue weighted by atomic mass is 9.88. The molecule has 0 fully saturated rings. The van der Waals surface area contributed by atoms with Crippen molar-refractivity contribution in [3.8, 4) is 11.1 Å². The molecule has 0 spiro atoms. The summed E-state index contributed by atoms with van der Waals surface area (Å²) in [6, 6.07) is 63.4. The van der Waals surface area contributed by atoms with Gasteiger partial charge in [-0.15, -0.1) is 0 Å². The van der Waals surface area contributed by atoms with Gasteiger partial charge in [-0.3, -0.25) is 0 Å². The van der Waals surface area contributed by atoms with Crippen LogP contribution in [-0.2, 0) is 0 Å². The number of para-hydroxylation sites is 1. The predicted molar refractivity (Wildman–Crippen MR) is 250 cm³/mol. The first-order valence-electron chi connectivity index (χ1n) is 20.8. The molecule has 12 rings (SSSR count). The van der Waals surface area contributed by atoms with E-state index >= 15 is 0 Å². The first-order chi connectivity index (χ1) is 29.3. The summed E-state index contributed by atoms with van der Waals surface area (Å²) >= 11 is 0. The zero-order valence-corrected chi connectivity index (χ0v) is 32.6. The standard InChI is InChI=1S/C56H41N3/c1-2-15-43(16-3-1)58-52-20-10-8-18-49(52)51-37-47(33-35-54(51)58)57(44-27-24-39(25-28-44)42-23-22-38-12-4-5-14-41(38)36-42)45-29-31-46(32-30-45)59-53-21-11-9-19-50(53)56-48-17-7-6-13-40(48)26-34-55(56)59/h1-15,17-37,43,50,53H,16H2. The molecule has 3 heteroatoms. The quantitative estimate of drug-likeness (QED) is 0.167. The lowest BCUT2D eigenvalue weighted by Crippen LogP contribution is -2.28. The van der Waals surface area contributed by atoms with Crippen molar-refractivity contribution in [2.45, 2.75) is 24.4 Å². The number of fused-ring (bicyclic) bond motifs is 9. The first-order valence-corrected chi connectivity index (χ1v) is 20.8. The van der Waals surface area contributed by atoms with Gasteiger partial charge in [0.2, 0.25) is 0 Å². The Balaban J connectivity index is 0.983. The van der Waals surface area contributed by atoms with Gasteiger partial charge in [-0.1, -0.05) is 146 Å². The van der Waals surface area contributed by atoms with E-state index in [1.807, 2.05) is 0 Å². The molecule has 0 amide bonds. The molecule has 1 aromatic heterocycles. The summed E-state index contributed by atoms with van der Waals surface area (Å²) < 4.78 is 2.52. The number of hydrogen-bond donors (Lipinski definition) is 0. The number of benzene rings is 8. The van der Waals surface area contributed by atoms with Gasteiger partial charge in [0, 0.05) is 56.2 Å². The van der Waals surface area contributed by atoms with E-state index in [4.69, 9.17) is 0 Å². The molecule has 8 aromatic carbocycles. The van der Waals surface area contributed by atoms with E-state index in [1.54, 1.807) is 0 Å². The molecule has 0 saturated heterocycles. The van der Waals surface area contributed by atoms with E-state index < -0.39 is 0 Å². The van der Waals surface area contributed by atoms with Crippen LogP contribution in [0.4, 0.5) is 28.4 Å². The van der Waals surface area contributed by atoms with Gasteiger partial charge in [0.05, 0.1) is 12.1 Å². The number of hydrogen-bond acceptors (Lipinski definition) is 2. The van der Waals surface area contributed by atoms with Crippen LogP contribution >= 0.6 is 0 Å². The third kappa shape index (κ3) is 5.50. The second-order valence-electron chi connectivity index (χ2n) is 16.0. The molecule has 3 unspecified atom stereocenters. The van der Waals surface area contributed by atoms with Crippen molar-refractivity contribution >= 4 is 71.8 Å². The van der Waals surface area contributed by atoms with E-state index in [2.05, 4.69) is 233 Å². The molecule has 0 bridgehead atoms. The summed E-state index contributed by atoms with van der Waals surface area (Å²) in [5, 5.41) is 7.68. The number of aromatic nitrogens is 1. The van der Waals surface area contributed by atoms with Crippen LogP contribution in [0.25, 0.3) is 54.5 Å². The molecular weight excluding hydrogens is 715 g/mol. The van der Waals surface area contributed by atoms with Crippen molar-refractivity contribution < 1.29 is 0 Å². The molecule has 280 valence electrons. The predicted octanol–water partition coefficient (Wildman–Crippen LogP) is 15.0. The minimum atomic E-state index is 0.222. The molecule has 1 aliphatic heterocycles. The number of allylic oxidation sites excluding steroid dienone is 6. The maximum Gasteiger partial charge on any atom is 0.0629 e. The molecule has 0 saturated carbocycles. The van der Waals surface area contributed by atoms with Crippen molar-refractivity contribution in [1.82, 2.24) is 4.57 Å². The summed E-state index contributed by atoms with van der Waals surface area (Å²) in [6.07, 6.45) is 19.1. The maximum absolute atomic E-state index is 2.54. The first kappa shape index (κ1) is 33.7. The second kappa shape index (κ2) is 13.6. The Bertz CT molecular complexity index is 3210. The van der Waals surface area contributed by atoms with Crippen LogP contribution in [0.2, 0.25) is 0 Å². The van der Waals surface area contributed by atoms with Crippen molar-refractivity contribution in [3.63, 3.8) is 0 Å². The van der Waals surface area contributed by atoms with Crippen LogP contribution in [0.5, 0.6) is 0 Å². The summed E-state index contributed by atoms with van der Waals surface area (Å²) in [7, 11) is 0. The second-order valence-corrected chi connectivity index (χ2v) is 16.0. The van der Waals surface area contributed by atoms with Gasteiger partial charge in [0.15, 0.2) is 0 Å². The zero-order valence-electron chi connectivity index (χ0n) is 32.6. The summed E-state index contributed by atoms with van der Waals surface area (Å²) in [5.41, 5.74) is 12.2. The molecule has 59 heavy (non-hydrogen) atoms. The Hall–Kier alpha value is -7.36. The van der Waals surface area contributed by atoms with Gasteiger partial charge in [-0.05, 0) is 117 Å². The maximum atomic E-state index is 2.54.